The number of rotatable bonds is 5. The maximum atomic E-state index is 5.74. The van der Waals surface area contributed by atoms with Gasteiger partial charge in [0.25, 0.3) is 0 Å². The Morgan fingerprint density at radius 2 is 1.15 bits per heavy atom. The molecule has 0 fully saturated rings. The third-order valence-electron chi connectivity index (χ3n) is 14.8. The second-order valence-electron chi connectivity index (χ2n) is 17.4. The summed E-state index contributed by atoms with van der Waals surface area (Å²) >= 11 is 0. The van der Waals surface area contributed by atoms with E-state index in [2.05, 4.69) is 220 Å². The van der Waals surface area contributed by atoms with Crippen molar-refractivity contribution in [2.75, 3.05) is 0 Å². The van der Waals surface area contributed by atoms with E-state index in [0.717, 1.165) is 34.4 Å². The summed E-state index contributed by atoms with van der Waals surface area (Å²) in [7, 11) is 0. The summed E-state index contributed by atoms with van der Waals surface area (Å²) in [5.74, 6) is 0.969. The number of aromatic nitrogens is 2. The molecule has 3 aliphatic carbocycles. The zero-order chi connectivity index (χ0) is 40.1. The van der Waals surface area contributed by atoms with Crippen molar-refractivity contribution in [2.24, 2.45) is 11.3 Å². The molecule has 0 spiro atoms. The predicted molar refractivity (Wildman–Crippen MR) is 246 cm³/mol. The van der Waals surface area contributed by atoms with Crippen molar-refractivity contribution in [1.82, 2.24) is 9.97 Å². The van der Waals surface area contributed by atoms with Crippen LogP contribution < -0.4 is 0 Å². The molecule has 2 heteroatoms. The number of nitrogens with zero attached hydrogens (tertiary/aromatic N) is 2. The quantitative estimate of drug-likeness (QED) is 0.163. The molecule has 5 unspecified atom stereocenters. The van der Waals surface area contributed by atoms with E-state index in [-0.39, 0.29) is 11.8 Å². The third kappa shape index (κ3) is 4.49. The molecule has 60 heavy (non-hydrogen) atoms. The Bertz CT molecular complexity index is 3180. The van der Waals surface area contributed by atoms with E-state index in [1.165, 1.54) is 60.8 Å². The Labute approximate surface area is 352 Å². The Kier molecular flexibility index (Phi) is 7.63. The third-order valence-corrected chi connectivity index (χ3v) is 14.8. The molecule has 5 atom stereocenters. The molecule has 0 bridgehead atoms. The normalized spacial score (nSPS) is 23.6. The highest BCUT2D eigenvalue weighted by Crippen LogP contribution is 2.71. The monoisotopic (exact) mass is 768 g/mol. The number of fused-ring (bicyclic) bond motifs is 7. The summed E-state index contributed by atoms with van der Waals surface area (Å²) in [6.07, 6.45) is 5.81. The van der Waals surface area contributed by atoms with E-state index in [1.807, 2.05) is 0 Å². The van der Waals surface area contributed by atoms with E-state index in [9.17, 15) is 0 Å². The Morgan fingerprint density at radius 1 is 0.517 bits per heavy atom. The van der Waals surface area contributed by atoms with E-state index in [1.54, 1.807) is 0 Å². The maximum absolute atomic E-state index is 5.74. The first kappa shape index (κ1) is 35.1. The van der Waals surface area contributed by atoms with E-state index in [0.29, 0.717) is 0 Å². The Balaban J connectivity index is 1.21. The van der Waals surface area contributed by atoms with Gasteiger partial charge in [0, 0.05) is 22.3 Å². The van der Waals surface area contributed by atoms with Gasteiger partial charge >= 0.3 is 0 Å². The highest BCUT2D eigenvalue weighted by atomic mass is 14.9. The fraction of sp³-hybridized carbons (Fsp3) is 0.138. The van der Waals surface area contributed by atoms with Crippen molar-refractivity contribution in [3.8, 4) is 22.4 Å². The molecule has 3 aliphatic rings. The minimum Gasteiger partial charge on any atom is -0.232 e. The minimum atomic E-state index is -0.608. The van der Waals surface area contributed by atoms with Crippen LogP contribution >= 0.6 is 0 Å². The average molecular weight is 769 g/mol. The van der Waals surface area contributed by atoms with Crippen molar-refractivity contribution < 1.29 is 0 Å². The standard InChI is InChI=1S/C58H44N2/c1-38-19-17-33-51(55-59-52-34-16-12-27-46(52)54(60-55)41-36-35-39-20-9-10-21-40(39)37-41)56(38,2)58(43-24-7-4-8-25-43)49-31-15-14-30-48(49)57(42-22-5-3-6-23-42)47-29-13-11-26-44(47)45-28-18-32-50(58)53(45)57/h3-18,20-38,51H,19H2,1-2H3. The molecular formula is C58H44N2. The first-order valence-corrected chi connectivity index (χ1v) is 21.4. The van der Waals surface area contributed by atoms with E-state index < -0.39 is 16.2 Å². The summed E-state index contributed by atoms with van der Waals surface area (Å²) < 4.78 is 0. The number of hydrogen-bond acceptors (Lipinski definition) is 2. The van der Waals surface area contributed by atoms with Crippen LogP contribution in [-0.2, 0) is 10.8 Å². The molecule has 0 radical (unpaired) electrons. The number of para-hydroxylation sites is 1. The summed E-state index contributed by atoms with van der Waals surface area (Å²) in [5.41, 5.74) is 13.6. The van der Waals surface area contributed by atoms with Crippen LogP contribution in [0.1, 0.15) is 71.0 Å². The Hall–Kier alpha value is -6.90. The predicted octanol–water partition coefficient (Wildman–Crippen LogP) is 13.8. The lowest BCUT2D eigenvalue weighted by molar-refractivity contribution is 0.0852. The molecule has 8 aromatic carbocycles. The van der Waals surface area contributed by atoms with Crippen molar-refractivity contribution in [1.29, 1.82) is 0 Å². The molecule has 286 valence electrons. The minimum absolute atomic E-state index is 0.137. The fourth-order valence-electron chi connectivity index (χ4n) is 12.2. The van der Waals surface area contributed by atoms with Crippen molar-refractivity contribution in [3.63, 3.8) is 0 Å². The number of allylic oxidation sites excluding steroid dienone is 2. The highest BCUT2D eigenvalue weighted by Gasteiger charge is 2.65. The molecular weight excluding hydrogens is 725 g/mol. The van der Waals surface area contributed by atoms with Gasteiger partial charge in [-0.05, 0) is 85.3 Å². The number of hydrogen-bond donors (Lipinski definition) is 0. The molecule has 0 saturated heterocycles. The molecule has 0 N–H and O–H groups in total. The summed E-state index contributed by atoms with van der Waals surface area (Å²) in [6.45, 7) is 5.05. The smallest absolute Gasteiger partial charge is 0.137 e. The lowest BCUT2D eigenvalue weighted by Gasteiger charge is -2.61. The largest absolute Gasteiger partial charge is 0.232 e. The van der Waals surface area contributed by atoms with Gasteiger partial charge in [0.2, 0.25) is 0 Å². The summed E-state index contributed by atoms with van der Waals surface area (Å²) in [5, 5.41) is 3.50. The first-order chi connectivity index (χ1) is 29.6. The van der Waals surface area contributed by atoms with Crippen LogP contribution in [0.4, 0.5) is 0 Å². The molecule has 2 nitrogen and oxygen atoms in total. The van der Waals surface area contributed by atoms with Gasteiger partial charge in [-0.15, -0.1) is 0 Å². The SMILES string of the molecule is CC1CC=CC(c2nc(-c3ccc4ccccc4c3)c3ccccc3n2)C1(C)C1(c2ccccc2)c2ccccc2C2(c3ccccc3)c3ccccc3-c3cccc1c32. The van der Waals surface area contributed by atoms with Crippen LogP contribution in [0.5, 0.6) is 0 Å². The second kappa shape index (κ2) is 13.1. The van der Waals surface area contributed by atoms with Crippen molar-refractivity contribution in [3.05, 3.63) is 251 Å². The topological polar surface area (TPSA) is 25.8 Å². The molecule has 1 aromatic heterocycles. The van der Waals surface area contributed by atoms with Gasteiger partial charge in [0.1, 0.15) is 5.82 Å². The van der Waals surface area contributed by atoms with Crippen LogP contribution in [0.3, 0.4) is 0 Å². The van der Waals surface area contributed by atoms with Gasteiger partial charge in [-0.1, -0.05) is 208 Å². The zero-order valence-electron chi connectivity index (χ0n) is 33.9. The summed E-state index contributed by atoms with van der Waals surface area (Å²) in [6, 6.07) is 72.4. The zero-order valence-corrected chi connectivity index (χ0v) is 33.9. The lowest BCUT2D eigenvalue weighted by Crippen LogP contribution is -2.57. The van der Waals surface area contributed by atoms with Gasteiger partial charge < -0.3 is 0 Å². The lowest BCUT2D eigenvalue weighted by atomic mass is 9.40. The maximum Gasteiger partial charge on any atom is 0.137 e. The van der Waals surface area contributed by atoms with Crippen LogP contribution in [0.25, 0.3) is 44.1 Å². The fourth-order valence-corrected chi connectivity index (χ4v) is 12.2. The Morgan fingerprint density at radius 3 is 1.97 bits per heavy atom. The van der Waals surface area contributed by atoms with Gasteiger partial charge in [0.05, 0.1) is 22.0 Å². The second-order valence-corrected chi connectivity index (χ2v) is 17.4. The van der Waals surface area contributed by atoms with Crippen molar-refractivity contribution >= 4 is 21.7 Å². The van der Waals surface area contributed by atoms with Crippen LogP contribution in [0.2, 0.25) is 0 Å². The molecule has 0 amide bonds. The molecule has 12 rings (SSSR count). The van der Waals surface area contributed by atoms with Crippen LogP contribution in [0, 0.1) is 11.3 Å². The van der Waals surface area contributed by atoms with Gasteiger partial charge in [0.15, 0.2) is 0 Å². The van der Waals surface area contributed by atoms with Gasteiger partial charge in [-0.2, -0.15) is 0 Å². The molecule has 0 saturated carbocycles. The van der Waals surface area contributed by atoms with Gasteiger partial charge in [-0.3, -0.25) is 0 Å². The first-order valence-electron chi connectivity index (χ1n) is 21.4. The van der Waals surface area contributed by atoms with Crippen molar-refractivity contribution in [2.45, 2.75) is 37.0 Å². The molecule has 0 aliphatic heterocycles. The van der Waals surface area contributed by atoms with Crippen LogP contribution in [-0.4, -0.2) is 9.97 Å². The number of benzene rings is 8. The van der Waals surface area contributed by atoms with E-state index in [4.69, 9.17) is 9.97 Å². The van der Waals surface area contributed by atoms with Gasteiger partial charge in [-0.25, -0.2) is 9.97 Å². The molecule has 9 aromatic rings. The molecule has 1 heterocycles. The summed E-state index contributed by atoms with van der Waals surface area (Å²) in [4.78, 5) is 11.3. The average Bonchev–Trinajstić information content (AvgIpc) is 3.62. The highest BCUT2D eigenvalue weighted by molar-refractivity contribution is 5.96. The van der Waals surface area contributed by atoms with Crippen LogP contribution in [0.15, 0.2) is 206 Å². The van der Waals surface area contributed by atoms with E-state index >= 15 is 0 Å².